The van der Waals surface area contributed by atoms with Crippen molar-refractivity contribution in [1.29, 1.82) is 0 Å². The van der Waals surface area contributed by atoms with Crippen molar-refractivity contribution in [3.63, 3.8) is 0 Å². The molecule has 0 spiro atoms. The monoisotopic (exact) mass is 377 g/mol. The molecule has 2 aliphatic heterocycles. The summed E-state index contributed by atoms with van der Waals surface area (Å²) in [4.78, 5) is 21.3. The van der Waals surface area contributed by atoms with Crippen LogP contribution in [0.15, 0.2) is 18.2 Å². The van der Waals surface area contributed by atoms with Crippen molar-refractivity contribution in [2.45, 2.75) is 51.0 Å². The lowest BCUT2D eigenvalue weighted by Gasteiger charge is -2.34. The highest BCUT2D eigenvalue weighted by Gasteiger charge is 2.31. The third-order valence-corrected chi connectivity index (χ3v) is 5.71. The van der Waals surface area contributed by atoms with Gasteiger partial charge in [-0.25, -0.2) is 13.8 Å². The van der Waals surface area contributed by atoms with Crippen LogP contribution in [-0.4, -0.2) is 58.2 Å². The number of fused-ring (bicyclic) bond motifs is 1. The number of benzene rings is 1. The summed E-state index contributed by atoms with van der Waals surface area (Å²) in [5, 5.41) is 0. The van der Waals surface area contributed by atoms with E-state index in [0.29, 0.717) is 36.5 Å². The standard InChI is InChI=1S/C19H25F2N5O/c1-12-3-2-7-25(12)18(27)11-26-17-9-13(20)4-5-16(17)23-19(26)24-8-6-14(21)15(22)10-24/h4-5,9,12,14-15H,2-3,6-8,10-11,22H2,1H3/t12?,14-,15-/m1/s1. The molecule has 1 amide bonds. The molecule has 3 atom stereocenters. The lowest BCUT2D eigenvalue weighted by atomic mass is 10.1. The van der Waals surface area contributed by atoms with E-state index in [0.717, 1.165) is 19.4 Å². The number of imidazole rings is 1. The van der Waals surface area contributed by atoms with Gasteiger partial charge < -0.3 is 20.1 Å². The molecule has 2 N–H and O–H groups in total. The van der Waals surface area contributed by atoms with Crippen LogP contribution < -0.4 is 10.6 Å². The first-order valence-corrected chi connectivity index (χ1v) is 9.54. The number of piperidine rings is 1. The number of carbonyl (C=O) groups excluding carboxylic acids is 1. The van der Waals surface area contributed by atoms with Crippen LogP contribution in [0.4, 0.5) is 14.7 Å². The zero-order valence-corrected chi connectivity index (χ0v) is 15.4. The lowest BCUT2D eigenvalue weighted by molar-refractivity contribution is -0.132. The minimum Gasteiger partial charge on any atom is -0.340 e. The molecule has 1 aromatic heterocycles. The molecule has 3 heterocycles. The molecule has 0 bridgehead atoms. The largest absolute Gasteiger partial charge is 0.340 e. The van der Waals surface area contributed by atoms with Crippen molar-refractivity contribution in [2.75, 3.05) is 24.5 Å². The van der Waals surface area contributed by atoms with E-state index in [1.807, 2.05) is 16.7 Å². The zero-order valence-electron chi connectivity index (χ0n) is 15.4. The van der Waals surface area contributed by atoms with E-state index in [1.54, 1.807) is 10.6 Å². The van der Waals surface area contributed by atoms with Crippen LogP contribution in [0.2, 0.25) is 0 Å². The molecule has 2 aromatic rings. The number of alkyl halides is 1. The predicted molar refractivity (Wildman–Crippen MR) is 99.8 cm³/mol. The van der Waals surface area contributed by atoms with E-state index >= 15 is 0 Å². The van der Waals surface area contributed by atoms with Crippen LogP contribution in [0, 0.1) is 5.82 Å². The molecule has 1 aromatic carbocycles. The van der Waals surface area contributed by atoms with Crippen molar-refractivity contribution >= 4 is 22.9 Å². The van der Waals surface area contributed by atoms with Gasteiger partial charge in [0.15, 0.2) is 0 Å². The van der Waals surface area contributed by atoms with E-state index in [4.69, 9.17) is 5.73 Å². The maximum absolute atomic E-state index is 13.9. The fourth-order valence-corrected chi connectivity index (χ4v) is 4.15. The Labute approximate surface area is 156 Å². The van der Waals surface area contributed by atoms with Crippen LogP contribution >= 0.6 is 0 Å². The van der Waals surface area contributed by atoms with Crippen LogP contribution in [0.3, 0.4) is 0 Å². The van der Waals surface area contributed by atoms with Crippen LogP contribution in [0.5, 0.6) is 0 Å². The first kappa shape index (κ1) is 18.2. The summed E-state index contributed by atoms with van der Waals surface area (Å²) < 4.78 is 29.4. The summed E-state index contributed by atoms with van der Waals surface area (Å²) in [6.07, 6.45) is 1.27. The predicted octanol–water partition coefficient (Wildman–Crippen LogP) is 2.06. The summed E-state index contributed by atoms with van der Waals surface area (Å²) in [6.45, 7) is 3.66. The molecule has 27 heavy (non-hydrogen) atoms. The van der Waals surface area contributed by atoms with Gasteiger partial charge in [0.2, 0.25) is 11.9 Å². The third-order valence-electron chi connectivity index (χ3n) is 5.71. The van der Waals surface area contributed by atoms with Gasteiger partial charge in [0.05, 0.1) is 17.1 Å². The number of halogens is 2. The summed E-state index contributed by atoms with van der Waals surface area (Å²) in [7, 11) is 0. The summed E-state index contributed by atoms with van der Waals surface area (Å²) >= 11 is 0. The second-order valence-electron chi connectivity index (χ2n) is 7.62. The molecule has 0 radical (unpaired) electrons. The van der Waals surface area contributed by atoms with E-state index in [2.05, 4.69) is 4.98 Å². The second kappa shape index (κ2) is 7.07. The average molecular weight is 377 g/mol. The van der Waals surface area contributed by atoms with E-state index in [-0.39, 0.29) is 24.3 Å². The first-order chi connectivity index (χ1) is 12.9. The number of amides is 1. The Kier molecular flexibility index (Phi) is 4.75. The molecule has 146 valence electrons. The Bertz CT molecular complexity index is 854. The van der Waals surface area contributed by atoms with Crippen LogP contribution in [0.1, 0.15) is 26.2 Å². The van der Waals surface area contributed by atoms with Crippen molar-refractivity contribution in [3.05, 3.63) is 24.0 Å². The van der Waals surface area contributed by atoms with Gasteiger partial charge in [-0.3, -0.25) is 4.79 Å². The Morgan fingerprint density at radius 2 is 2.15 bits per heavy atom. The average Bonchev–Trinajstić information content (AvgIpc) is 3.21. The molecular formula is C19H25F2N5O. The maximum atomic E-state index is 13.9. The molecule has 8 heteroatoms. The van der Waals surface area contributed by atoms with Gasteiger partial charge in [0, 0.05) is 25.7 Å². The molecule has 6 nitrogen and oxygen atoms in total. The Morgan fingerprint density at radius 3 is 2.85 bits per heavy atom. The normalized spacial score (nSPS) is 26.1. The number of anilines is 1. The van der Waals surface area contributed by atoms with Gasteiger partial charge in [-0.05, 0) is 44.4 Å². The van der Waals surface area contributed by atoms with Gasteiger partial charge in [0.1, 0.15) is 18.5 Å². The number of nitrogens with two attached hydrogens (primary N) is 1. The van der Waals surface area contributed by atoms with Crippen molar-refractivity contribution in [2.24, 2.45) is 5.73 Å². The minimum atomic E-state index is -1.04. The van der Waals surface area contributed by atoms with Gasteiger partial charge >= 0.3 is 0 Å². The highest BCUT2D eigenvalue weighted by atomic mass is 19.1. The molecular weight excluding hydrogens is 352 g/mol. The lowest BCUT2D eigenvalue weighted by Crippen LogP contribution is -2.50. The van der Waals surface area contributed by atoms with Crippen molar-refractivity contribution < 1.29 is 13.6 Å². The van der Waals surface area contributed by atoms with E-state index in [9.17, 15) is 13.6 Å². The summed E-state index contributed by atoms with van der Waals surface area (Å²) in [5.41, 5.74) is 7.09. The maximum Gasteiger partial charge on any atom is 0.242 e. The van der Waals surface area contributed by atoms with Crippen molar-refractivity contribution in [1.82, 2.24) is 14.5 Å². The van der Waals surface area contributed by atoms with Gasteiger partial charge in [-0.15, -0.1) is 0 Å². The third kappa shape index (κ3) is 3.38. The van der Waals surface area contributed by atoms with Gasteiger partial charge in [0.25, 0.3) is 0 Å². The zero-order chi connectivity index (χ0) is 19.1. The molecule has 2 fully saturated rings. The number of nitrogens with zero attached hydrogens (tertiary/aromatic N) is 4. The van der Waals surface area contributed by atoms with E-state index in [1.165, 1.54) is 12.1 Å². The molecule has 0 aliphatic carbocycles. The fraction of sp³-hybridized carbons (Fsp3) is 0.579. The number of rotatable bonds is 3. The van der Waals surface area contributed by atoms with Gasteiger partial charge in [-0.1, -0.05) is 0 Å². The summed E-state index contributed by atoms with van der Waals surface area (Å²) in [5.74, 6) is 0.170. The Morgan fingerprint density at radius 1 is 1.33 bits per heavy atom. The SMILES string of the molecule is CC1CCCN1C(=O)Cn1c(N2CC[C@@H](F)[C@H](N)C2)nc2ccc(F)cc21. The summed E-state index contributed by atoms with van der Waals surface area (Å²) in [6, 6.07) is 3.97. The molecule has 4 rings (SSSR count). The van der Waals surface area contributed by atoms with E-state index < -0.39 is 12.2 Å². The quantitative estimate of drug-likeness (QED) is 0.889. The topological polar surface area (TPSA) is 67.4 Å². The number of aromatic nitrogens is 2. The van der Waals surface area contributed by atoms with Gasteiger partial charge in [-0.2, -0.15) is 0 Å². The fourth-order valence-electron chi connectivity index (χ4n) is 4.15. The number of hydrogen-bond acceptors (Lipinski definition) is 4. The smallest absolute Gasteiger partial charge is 0.242 e. The Balaban J connectivity index is 1.70. The Hall–Kier alpha value is -2.22. The highest BCUT2D eigenvalue weighted by Crippen LogP contribution is 2.27. The van der Waals surface area contributed by atoms with Crippen molar-refractivity contribution in [3.8, 4) is 0 Å². The minimum absolute atomic E-state index is 0.00510. The molecule has 1 unspecified atom stereocenters. The number of carbonyl (C=O) groups is 1. The molecule has 0 saturated carbocycles. The number of likely N-dealkylation sites (tertiary alicyclic amines) is 1. The molecule has 2 saturated heterocycles. The van der Waals surface area contributed by atoms with Crippen LogP contribution in [0.25, 0.3) is 11.0 Å². The highest BCUT2D eigenvalue weighted by molar-refractivity contribution is 5.83. The second-order valence-corrected chi connectivity index (χ2v) is 7.62. The number of hydrogen-bond donors (Lipinski definition) is 1. The van der Waals surface area contributed by atoms with Crippen LogP contribution in [-0.2, 0) is 11.3 Å². The first-order valence-electron chi connectivity index (χ1n) is 9.54. The molecule has 2 aliphatic rings.